The Kier molecular flexibility index (Phi) is 43.6. The summed E-state index contributed by atoms with van der Waals surface area (Å²) >= 11 is 0. The molecule has 1 amide bonds. The van der Waals surface area contributed by atoms with E-state index in [1.807, 2.05) is 0 Å². The van der Waals surface area contributed by atoms with Crippen molar-refractivity contribution >= 4 is 11.9 Å². The topological polar surface area (TPSA) is 95.9 Å². The Bertz CT molecular complexity index is 847. The molecule has 0 fully saturated rings. The van der Waals surface area contributed by atoms with Crippen molar-refractivity contribution in [3.63, 3.8) is 0 Å². The van der Waals surface area contributed by atoms with Gasteiger partial charge in [0, 0.05) is 6.42 Å². The normalized spacial score (nSPS) is 13.3. The van der Waals surface area contributed by atoms with Crippen LogP contribution in [-0.2, 0) is 14.3 Å². The van der Waals surface area contributed by atoms with E-state index in [-0.39, 0.29) is 24.9 Å². The van der Waals surface area contributed by atoms with Crippen LogP contribution in [0.3, 0.4) is 0 Å². The lowest BCUT2D eigenvalue weighted by atomic mass is 10.0. The molecule has 0 aliphatic heterocycles. The average molecular weight is 792 g/mol. The number of amides is 1. The molecular weight excluding hydrogens is 695 g/mol. The highest BCUT2D eigenvalue weighted by molar-refractivity contribution is 5.77. The van der Waals surface area contributed by atoms with E-state index in [9.17, 15) is 19.8 Å². The van der Waals surface area contributed by atoms with Crippen molar-refractivity contribution in [2.75, 3.05) is 6.61 Å². The summed E-state index contributed by atoms with van der Waals surface area (Å²) in [7, 11) is 0. The molecule has 0 aromatic heterocycles. The number of rotatable bonds is 45. The zero-order valence-corrected chi connectivity index (χ0v) is 37.8. The molecule has 0 saturated heterocycles. The number of aliphatic hydroxyl groups excluding tert-OH is 2. The first kappa shape index (κ1) is 54.6. The van der Waals surface area contributed by atoms with Gasteiger partial charge in [-0.25, -0.2) is 0 Å². The molecule has 6 nitrogen and oxygen atoms in total. The minimum Gasteiger partial charge on any atom is -0.462 e. The number of allylic oxidation sites excluding steroid dienone is 2. The number of carbonyl (C=O) groups excluding carboxylic acids is 2. The van der Waals surface area contributed by atoms with Crippen LogP contribution in [0.2, 0.25) is 0 Å². The molecule has 0 aromatic rings. The number of nitrogens with one attached hydrogen (secondary N) is 1. The first-order valence-corrected chi connectivity index (χ1v) is 24.9. The number of aliphatic hydroxyl groups is 2. The number of hydrogen-bond donors (Lipinski definition) is 3. The van der Waals surface area contributed by atoms with E-state index in [0.29, 0.717) is 19.3 Å². The molecule has 0 radical (unpaired) electrons. The van der Waals surface area contributed by atoms with Gasteiger partial charge < -0.3 is 20.3 Å². The summed E-state index contributed by atoms with van der Waals surface area (Å²) in [6.07, 6.45) is 48.5. The van der Waals surface area contributed by atoms with E-state index in [1.54, 1.807) is 0 Å². The second kappa shape index (κ2) is 44.7. The number of esters is 1. The molecular formula is C50H97NO5. The van der Waals surface area contributed by atoms with Crippen LogP contribution in [0.5, 0.6) is 0 Å². The molecule has 0 heterocycles. The fraction of sp³-hybridized carbons (Fsp3) is 0.920. The van der Waals surface area contributed by atoms with Gasteiger partial charge in [0.05, 0.1) is 25.2 Å². The monoisotopic (exact) mass is 792 g/mol. The van der Waals surface area contributed by atoms with Crippen LogP contribution >= 0.6 is 0 Å². The Morgan fingerprint density at radius 2 is 0.875 bits per heavy atom. The fourth-order valence-corrected chi connectivity index (χ4v) is 7.77. The van der Waals surface area contributed by atoms with Gasteiger partial charge in [-0.3, -0.25) is 9.59 Å². The lowest BCUT2D eigenvalue weighted by Gasteiger charge is -2.24. The van der Waals surface area contributed by atoms with Gasteiger partial charge in [-0.15, -0.1) is 0 Å². The molecule has 0 saturated carbocycles. The quantitative estimate of drug-likeness (QED) is 0.0324. The maximum atomic E-state index is 13.1. The van der Waals surface area contributed by atoms with E-state index in [2.05, 4.69) is 38.2 Å². The van der Waals surface area contributed by atoms with Crippen LogP contribution in [0, 0.1) is 0 Å². The van der Waals surface area contributed by atoms with Gasteiger partial charge in [-0.2, -0.15) is 0 Å². The van der Waals surface area contributed by atoms with Gasteiger partial charge in [-0.05, 0) is 44.9 Å². The number of carbonyl (C=O) groups is 2. The molecule has 0 aliphatic carbocycles. The predicted octanol–water partition coefficient (Wildman–Crippen LogP) is 14.6. The maximum Gasteiger partial charge on any atom is 0.306 e. The van der Waals surface area contributed by atoms with Gasteiger partial charge in [0.2, 0.25) is 5.91 Å². The molecule has 3 unspecified atom stereocenters. The molecule has 56 heavy (non-hydrogen) atoms. The van der Waals surface area contributed by atoms with Crippen molar-refractivity contribution in [1.82, 2.24) is 5.32 Å². The molecule has 6 heteroatoms. The Hall–Kier alpha value is -1.40. The molecule has 0 rings (SSSR count). The standard InChI is InChI=1S/C50H97NO5/c1-4-7-10-13-16-19-21-22-23-24-25-26-28-30-32-35-38-41-46(56-50(55)43-40-37-34-31-27-20-17-14-11-8-5-2)44-49(54)51-47(45-52)48(53)42-39-36-33-29-18-15-12-9-6-3/h14,17,46-48,52-53H,4-13,15-16,18-45H2,1-3H3,(H,51,54)/b17-14-. The Morgan fingerprint density at radius 1 is 0.500 bits per heavy atom. The molecule has 0 bridgehead atoms. The first-order valence-electron chi connectivity index (χ1n) is 24.9. The molecule has 3 atom stereocenters. The minimum absolute atomic E-state index is 0.0810. The van der Waals surface area contributed by atoms with Gasteiger partial charge in [0.1, 0.15) is 6.10 Å². The number of unbranched alkanes of at least 4 members (excludes halogenated alkanes) is 31. The molecule has 0 spiro atoms. The van der Waals surface area contributed by atoms with E-state index in [4.69, 9.17) is 4.74 Å². The zero-order valence-electron chi connectivity index (χ0n) is 37.8. The molecule has 0 aliphatic rings. The Morgan fingerprint density at radius 3 is 1.32 bits per heavy atom. The van der Waals surface area contributed by atoms with E-state index < -0.39 is 18.2 Å². The zero-order chi connectivity index (χ0) is 41.0. The lowest BCUT2D eigenvalue weighted by molar-refractivity contribution is -0.151. The van der Waals surface area contributed by atoms with Crippen molar-refractivity contribution < 1.29 is 24.5 Å². The highest BCUT2D eigenvalue weighted by Gasteiger charge is 2.24. The van der Waals surface area contributed by atoms with E-state index in [0.717, 1.165) is 57.8 Å². The lowest BCUT2D eigenvalue weighted by Crippen LogP contribution is -2.46. The number of hydrogen-bond acceptors (Lipinski definition) is 5. The summed E-state index contributed by atoms with van der Waals surface area (Å²) in [5.74, 6) is -0.471. The van der Waals surface area contributed by atoms with Crippen LogP contribution in [0.15, 0.2) is 12.2 Å². The van der Waals surface area contributed by atoms with Gasteiger partial charge in [-0.1, -0.05) is 226 Å². The van der Waals surface area contributed by atoms with Crippen LogP contribution in [-0.4, -0.2) is 46.9 Å². The predicted molar refractivity (Wildman–Crippen MR) is 241 cm³/mol. The van der Waals surface area contributed by atoms with Crippen molar-refractivity contribution in [2.45, 2.75) is 289 Å². The Labute approximate surface area is 349 Å². The van der Waals surface area contributed by atoms with Gasteiger partial charge in [0.15, 0.2) is 0 Å². The van der Waals surface area contributed by atoms with Gasteiger partial charge in [0.25, 0.3) is 0 Å². The third-order valence-electron chi connectivity index (χ3n) is 11.6. The van der Waals surface area contributed by atoms with Crippen molar-refractivity contribution in [1.29, 1.82) is 0 Å². The van der Waals surface area contributed by atoms with Gasteiger partial charge >= 0.3 is 5.97 Å². The second-order valence-electron chi connectivity index (χ2n) is 17.2. The van der Waals surface area contributed by atoms with Crippen molar-refractivity contribution in [3.8, 4) is 0 Å². The highest BCUT2D eigenvalue weighted by atomic mass is 16.5. The third kappa shape index (κ3) is 39.4. The molecule has 3 N–H and O–H groups in total. The Balaban J connectivity index is 4.52. The summed E-state index contributed by atoms with van der Waals surface area (Å²) in [5.41, 5.74) is 0. The summed E-state index contributed by atoms with van der Waals surface area (Å²) in [4.78, 5) is 26.0. The summed E-state index contributed by atoms with van der Waals surface area (Å²) in [5, 5.41) is 23.6. The van der Waals surface area contributed by atoms with Crippen molar-refractivity contribution in [2.24, 2.45) is 0 Å². The molecule has 0 aromatic carbocycles. The van der Waals surface area contributed by atoms with E-state index in [1.165, 1.54) is 167 Å². The summed E-state index contributed by atoms with van der Waals surface area (Å²) < 4.78 is 5.92. The average Bonchev–Trinajstić information content (AvgIpc) is 3.19. The SMILES string of the molecule is CCCC/C=C\CCCCCCCC(=O)OC(CCCCCCCCCCCCCCCCCCC)CC(=O)NC(CO)C(O)CCCCCCCCCCC. The largest absolute Gasteiger partial charge is 0.462 e. The molecule has 332 valence electrons. The summed E-state index contributed by atoms with van der Waals surface area (Å²) in [6.45, 7) is 6.44. The summed E-state index contributed by atoms with van der Waals surface area (Å²) in [6, 6.07) is -0.694. The van der Waals surface area contributed by atoms with Crippen molar-refractivity contribution in [3.05, 3.63) is 12.2 Å². The smallest absolute Gasteiger partial charge is 0.306 e. The third-order valence-corrected chi connectivity index (χ3v) is 11.6. The minimum atomic E-state index is -0.781. The highest BCUT2D eigenvalue weighted by Crippen LogP contribution is 2.18. The van der Waals surface area contributed by atoms with E-state index >= 15 is 0 Å². The second-order valence-corrected chi connectivity index (χ2v) is 17.2. The first-order chi connectivity index (χ1) is 27.5. The fourth-order valence-electron chi connectivity index (χ4n) is 7.77. The van der Waals surface area contributed by atoms with Crippen LogP contribution < -0.4 is 5.32 Å². The maximum absolute atomic E-state index is 13.1. The van der Waals surface area contributed by atoms with Crippen LogP contribution in [0.4, 0.5) is 0 Å². The van der Waals surface area contributed by atoms with Crippen LogP contribution in [0.25, 0.3) is 0 Å². The van der Waals surface area contributed by atoms with Crippen LogP contribution in [0.1, 0.15) is 271 Å². The number of ether oxygens (including phenoxy) is 1.